The number of ether oxygens (including phenoxy) is 1. The number of fused-ring (bicyclic) bond motifs is 2. The first-order valence-electron chi connectivity index (χ1n) is 18.9. The van der Waals surface area contributed by atoms with Crippen LogP contribution in [0.5, 0.6) is 0 Å². The van der Waals surface area contributed by atoms with E-state index in [2.05, 4.69) is 32.7 Å². The number of aliphatic hydroxyl groups is 1. The second-order valence-electron chi connectivity index (χ2n) is 15.3. The number of benzene rings is 2. The fourth-order valence-electron chi connectivity index (χ4n) is 7.64. The molecule has 19 heteroatoms. The Labute approximate surface area is 338 Å². The van der Waals surface area contributed by atoms with Gasteiger partial charge in [0.25, 0.3) is 5.92 Å². The third-order valence-electron chi connectivity index (χ3n) is 10.1. The van der Waals surface area contributed by atoms with E-state index in [9.17, 15) is 36.6 Å². The maximum atomic E-state index is 15.2. The number of amides is 3. The predicted molar refractivity (Wildman–Crippen MR) is 204 cm³/mol. The minimum absolute atomic E-state index is 0.0325. The Morgan fingerprint density at radius 1 is 1.03 bits per heavy atom. The molecular weight excluding hydrogens is 801 g/mol. The number of anilines is 1. The van der Waals surface area contributed by atoms with Crippen LogP contribution in [-0.4, -0.2) is 78.4 Å². The van der Waals surface area contributed by atoms with Gasteiger partial charge >= 0.3 is 12.2 Å². The lowest BCUT2D eigenvalue weighted by atomic mass is 9.93. The molecule has 7 rings (SSSR count). The topological polar surface area (TPSA) is 139 Å². The lowest BCUT2D eigenvalue weighted by Crippen LogP contribution is -2.43. The number of aryl methyl sites for hydroxylation is 1. The monoisotopic (exact) mass is 840 g/mol. The highest BCUT2D eigenvalue weighted by molar-refractivity contribution is 6.04. The average Bonchev–Trinajstić information content (AvgIpc) is 3.79. The van der Waals surface area contributed by atoms with E-state index in [0.717, 1.165) is 12.1 Å². The molecule has 1 fully saturated rings. The van der Waals surface area contributed by atoms with Crippen molar-refractivity contribution >= 4 is 28.7 Å². The number of aromatic nitrogens is 5. The molecule has 2 aliphatic rings. The van der Waals surface area contributed by atoms with Crippen LogP contribution in [0, 0.1) is 23.5 Å². The number of hydrogen-bond acceptors (Lipinski definition) is 7. The average molecular weight is 841 g/mol. The van der Waals surface area contributed by atoms with Crippen molar-refractivity contribution in [1.82, 2.24) is 34.8 Å². The second kappa shape index (κ2) is 15.9. The molecule has 0 bridgehead atoms. The van der Waals surface area contributed by atoms with Crippen molar-refractivity contribution in [2.45, 2.75) is 69.8 Å². The van der Waals surface area contributed by atoms with E-state index >= 15 is 8.78 Å². The van der Waals surface area contributed by atoms with Crippen LogP contribution in [-0.2, 0) is 41.6 Å². The first kappa shape index (κ1) is 42.1. The van der Waals surface area contributed by atoms with Crippen molar-refractivity contribution in [2.75, 3.05) is 31.6 Å². The molecule has 0 unspecified atom stereocenters. The largest absolute Gasteiger partial charge is 0.435 e. The zero-order chi connectivity index (χ0) is 43.3. The van der Waals surface area contributed by atoms with Crippen molar-refractivity contribution in [3.8, 4) is 23.0 Å². The van der Waals surface area contributed by atoms with E-state index in [1.54, 1.807) is 36.2 Å². The van der Waals surface area contributed by atoms with Crippen LogP contribution in [0.25, 0.3) is 22.0 Å². The summed E-state index contributed by atoms with van der Waals surface area (Å²) in [5.41, 5.74) is -3.27. The van der Waals surface area contributed by atoms with E-state index < -0.39 is 83.1 Å². The molecule has 2 atom stereocenters. The summed E-state index contributed by atoms with van der Waals surface area (Å²) in [4.78, 5) is 33.5. The SMILES string of the molecule is C[C@H]1CC(F)(F)c2c1c(C(F)(F)F)nn2CC(=O)N[C@@H](Cc1cc(F)cc(F)c1)c1nc(C#CC(C)(C)O)ccc1-c1cccc2c(NC(=O)N3CCOCC3)nn(C)c12. The number of morpholine rings is 1. The van der Waals surface area contributed by atoms with Gasteiger partial charge in [-0.3, -0.25) is 19.5 Å². The van der Waals surface area contributed by atoms with Crippen LogP contribution >= 0.6 is 0 Å². The number of para-hydroxylation sites is 1. The Bertz CT molecular complexity index is 2530. The lowest BCUT2D eigenvalue weighted by molar-refractivity contribution is -0.142. The first-order chi connectivity index (χ1) is 28.2. The van der Waals surface area contributed by atoms with Crippen molar-refractivity contribution in [1.29, 1.82) is 0 Å². The van der Waals surface area contributed by atoms with E-state index in [0.29, 0.717) is 59.1 Å². The van der Waals surface area contributed by atoms with Gasteiger partial charge in [-0.15, -0.1) is 0 Å². The van der Waals surface area contributed by atoms with Crippen LogP contribution in [0.4, 0.5) is 41.3 Å². The third kappa shape index (κ3) is 8.80. The molecule has 3 N–H and O–H groups in total. The molecule has 3 amide bonds. The number of urea groups is 1. The second-order valence-corrected chi connectivity index (χ2v) is 15.3. The van der Waals surface area contributed by atoms with Gasteiger partial charge in [0, 0.05) is 54.7 Å². The zero-order valence-corrected chi connectivity index (χ0v) is 32.7. The maximum absolute atomic E-state index is 15.2. The number of pyridine rings is 1. The molecule has 4 heterocycles. The number of rotatable bonds is 8. The highest BCUT2D eigenvalue weighted by Crippen LogP contribution is 2.52. The van der Waals surface area contributed by atoms with Gasteiger partial charge in [-0.1, -0.05) is 25.0 Å². The highest BCUT2D eigenvalue weighted by atomic mass is 19.4. The number of nitrogens with one attached hydrogen (secondary N) is 2. The number of halogens is 7. The Balaban J connectivity index is 1.35. The molecular formula is C41H39F7N8O4. The van der Waals surface area contributed by atoms with E-state index in [4.69, 9.17) is 9.72 Å². The number of carbonyl (C=O) groups excluding carboxylic acids is 2. The summed E-state index contributed by atoms with van der Waals surface area (Å²) in [5.74, 6) is -2.24. The summed E-state index contributed by atoms with van der Waals surface area (Å²) >= 11 is 0. The van der Waals surface area contributed by atoms with Gasteiger partial charge in [0.05, 0.1) is 30.5 Å². The number of hydrogen-bond donors (Lipinski definition) is 3. The van der Waals surface area contributed by atoms with Gasteiger partial charge in [0.2, 0.25) is 5.91 Å². The zero-order valence-electron chi connectivity index (χ0n) is 32.7. The molecule has 0 saturated carbocycles. The van der Waals surface area contributed by atoms with Crippen molar-refractivity contribution in [3.63, 3.8) is 0 Å². The predicted octanol–water partition coefficient (Wildman–Crippen LogP) is 6.81. The number of carbonyl (C=O) groups is 2. The molecule has 1 aliphatic heterocycles. The number of alkyl halides is 5. The molecule has 12 nitrogen and oxygen atoms in total. The van der Waals surface area contributed by atoms with Crippen molar-refractivity contribution in [2.24, 2.45) is 7.05 Å². The van der Waals surface area contributed by atoms with Crippen LogP contribution in [0.2, 0.25) is 0 Å². The summed E-state index contributed by atoms with van der Waals surface area (Å²) in [7, 11) is 1.63. The minimum Gasteiger partial charge on any atom is -0.378 e. The summed E-state index contributed by atoms with van der Waals surface area (Å²) < 4.78 is 109. The molecule has 0 radical (unpaired) electrons. The Hall–Kier alpha value is -6.00. The fourth-order valence-corrected chi connectivity index (χ4v) is 7.64. The van der Waals surface area contributed by atoms with E-state index in [1.807, 2.05) is 0 Å². The maximum Gasteiger partial charge on any atom is 0.435 e. The van der Waals surface area contributed by atoms with Crippen LogP contribution in [0.3, 0.4) is 0 Å². The minimum atomic E-state index is -5.09. The van der Waals surface area contributed by atoms with E-state index in [-0.39, 0.29) is 29.2 Å². The molecule has 5 aromatic rings. The van der Waals surface area contributed by atoms with Gasteiger partial charge in [-0.2, -0.15) is 32.1 Å². The van der Waals surface area contributed by atoms with Gasteiger partial charge in [0.15, 0.2) is 11.5 Å². The molecule has 0 spiro atoms. The summed E-state index contributed by atoms with van der Waals surface area (Å²) in [5, 5.41) is 24.4. The highest BCUT2D eigenvalue weighted by Gasteiger charge is 2.53. The standard InChI is InChI=1S/C41H39F7N8O4/c1-22-20-40(44,45)36-32(22)35(41(46,47)48)52-56(36)21-31(57)50-30(18-23-16-24(42)19-25(43)17-23)33-27(9-8-26(49-33)10-11-39(2,3)59)28-6-5-7-29-34(28)54(4)53-37(29)51-38(58)55-12-14-60-15-13-55/h5-9,16-17,19,22,30,59H,12-15,18,20-21H2,1-4H3,(H,50,57)(H,51,53,58)/t22-,30-/m0/s1. The molecule has 1 saturated heterocycles. The molecule has 60 heavy (non-hydrogen) atoms. The van der Waals surface area contributed by atoms with Gasteiger partial charge < -0.3 is 20.1 Å². The lowest BCUT2D eigenvalue weighted by Gasteiger charge is -2.26. The Morgan fingerprint density at radius 2 is 1.73 bits per heavy atom. The molecule has 1 aliphatic carbocycles. The van der Waals surface area contributed by atoms with Gasteiger partial charge in [-0.05, 0) is 68.0 Å². The van der Waals surface area contributed by atoms with Gasteiger partial charge in [0.1, 0.15) is 35.2 Å². The Kier molecular flexibility index (Phi) is 11.2. The Morgan fingerprint density at radius 3 is 2.40 bits per heavy atom. The first-order valence-corrected chi connectivity index (χ1v) is 18.9. The van der Waals surface area contributed by atoms with Crippen LogP contribution in [0.15, 0.2) is 48.5 Å². The van der Waals surface area contributed by atoms with E-state index in [1.165, 1.54) is 31.5 Å². The molecule has 316 valence electrons. The van der Waals surface area contributed by atoms with Crippen LogP contribution in [0.1, 0.15) is 73.1 Å². The normalized spacial score (nSPS) is 16.9. The molecule has 3 aromatic heterocycles. The summed E-state index contributed by atoms with van der Waals surface area (Å²) in [6.45, 7) is 4.51. The molecule has 2 aromatic carbocycles. The summed E-state index contributed by atoms with van der Waals surface area (Å²) in [6, 6.07) is 9.18. The van der Waals surface area contributed by atoms with Gasteiger partial charge in [-0.25, -0.2) is 18.6 Å². The fraction of sp³-hybridized carbons (Fsp3) is 0.390. The number of nitrogens with zero attached hydrogens (tertiary/aromatic N) is 6. The van der Waals surface area contributed by atoms with Crippen LogP contribution < -0.4 is 10.6 Å². The quantitative estimate of drug-likeness (QED) is 0.115. The van der Waals surface area contributed by atoms with Crippen molar-refractivity contribution < 1.29 is 50.2 Å². The smallest absolute Gasteiger partial charge is 0.378 e. The van der Waals surface area contributed by atoms with Crippen molar-refractivity contribution in [3.05, 3.63) is 94.1 Å². The summed E-state index contributed by atoms with van der Waals surface area (Å²) in [6.07, 6.45) is -6.36. The third-order valence-corrected chi connectivity index (χ3v) is 10.1.